The molecular weight excluding hydrogens is 715 g/mol. The van der Waals surface area contributed by atoms with Gasteiger partial charge in [-0.05, 0) is 54.6 Å². The maximum absolute atomic E-state index is 5.19. The number of thiophene rings is 1. The molecule has 4 aromatic heterocycles. The minimum Gasteiger partial charge on any atom is -0.309 e. The van der Waals surface area contributed by atoms with E-state index in [0.29, 0.717) is 17.5 Å². The summed E-state index contributed by atoms with van der Waals surface area (Å²) in [6.45, 7) is 0. The van der Waals surface area contributed by atoms with Crippen molar-refractivity contribution in [2.45, 2.75) is 0 Å². The number of nitrogens with zero attached hydrogens (tertiary/aromatic N) is 5. The minimum absolute atomic E-state index is 0.620. The minimum atomic E-state index is 0.620. The van der Waals surface area contributed by atoms with Crippen molar-refractivity contribution < 1.29 is 0 Å². The van der Waals surface area contributed by atoms with Crippen molar-refractivity contribution in [1.82, 2.24) is 24.1 Å². The molecule has 0 unspecified atom stereocenters. The lowest BCUT2D eigenvalue weighted by molar-refractivity contribution is 1.06. The maximum atomic E-state index is 5.19. The van der Waals surface area contributed by atoms with Crippen molar-refractivity contribution in [3.63, 3.8) is 0 Å². The molecule has 0 saturated heterocycles. The van der Waals surface area contributed by atoms with Gasteiger partial charge in [-0.1, -0.05) is 133 Å². The van der Waals surface area contributed by atoms with Crippen LogP contribution >= 0.6 is 11.3 Å². The number of hydrogen-bond donors (Lipinski definition) is 0. The SMILES string of the molecule is c1ccc(-c2nc(-c3ccccc3)nc(-c3ccccc3-n3c4ccccc4c4ccc5c(c6ccccc6n5-c5ccc6sc7ccccc7c6c5)c43)n2)cc1. The highest BCUT2D eigenvalue weighted by Crippen LogP contribution is 2.44. The van der Waals surface area contributed by atoms with Crippen molar-refractivity contribution in [1.29, 1.82) is 0 Å². The molecule has 0 radical (unpaired) electrons. The molecule has 0 aliphatic heterocycles. The molecule has 12 rings (SSSR count). The summed E-state index contributed by atoms with van der Waals surface area (Å²) in [5, 5.41) is 7.37. The van der Waals surface area contributed by atoms with E-state index in [-0.39, 0.29) is 0 Å². The highest BCUT2D eigenvalue weighted by Gasteiger charge is 2.23. The quantitative estimate of drug-likeness (QED) is 0.176. The molecule has 12 aromatic rings. The summed E-state index contributed by atoms with van der Waals surface area (Å²) in [5.41, 5.74) is 9.55. The van der Waals surface area contributed by atoms with Crippen LogP contribution in [0.2, 0.25) is 0 Å². The van der Waals surface area contributed by atoms with Crippen LogP contribution in [0, 0.1) is 0 Å². The first-order valence-electron chi connectivity index (χ1n) is 19.1. The number of rotatable bonds is 5. The van der Waals surface area contributed by atoms with Gasteiger partial charge in [-0.15, -0.1) is 11.3 Å². The fraction of sp³-hybridized carbons (Fsp3) is 0. The van der Waals surface area contributed by atoms with E-state index in [1.165, 1.54) is 47.2 Å². The Labute approximate surface area is 331 Å². The number of benzene rings is 8. The third kappa shape index (κ3) is 4.91. The van der Waals surface area contributed by atoms with Crippen LogP contribution in [0.15, 0.2) is 188 Å². The molecule has 0 amide bonds. The molecule has 4 heterocycles. The van der Waals surface area contributed by atoms with E-state index in [2.05, 4.69) is 161 Å². The van der Waals surface area contributed by atoms with Gasteiger partial charge in [0.15, 0.2) is 17.5 Å². The zero-order valence-corrected chi connectivity index (χ0v) is 31.4. The van der Waals surface area contributed by atoms with Crippen LogP contribution < -0.4 is 0 Å². The van der Waals surface area contributed by atoms with Crippen molar-refractivity contribution in [3.05, 3.63) is 188 Å². The molecule has 5 nitrogen and oxygen atoms in total. The molecule has 0 aliphatic carbocycles. The zero-order chi connectivity index (χ0) is 37.5. The van der Waals surface area contributed by atoms with Gasteiger partial charge in [-0.2, -0.15) is 0 Å². The second-order valence-electron chi connectivity index (χ2n) is 14.4. The summed E-state index contributed by atoms with van der Waals surface area (Å²) in [6.07, 6.45) is 0. The highest BCUT2D eigenvalue weighted by molar-refractivity contribution is 7.25. The normalized spacial score (nSPS) is 11.9. The van der Waals surface area contributed by atoms with Gasteiger partial charge >= 0.3 is 0 Å². The third-order valence-corrected chi connectivity index (χ3v) is 12.3. The molecule has 8 aromatic carbocycles. The Balaban J connectivity index is 1.17. The number of hydrogen-bond acceptors (Lipinski definition) is 4. The van der Waals surface area contributed by atoms with Gasteiger partial charge in [0.25, 0.3) is 0 Å². The third-order valence-electron chi connectivity index (χ3n) is 11.2. The van der Waals surface area contributed by atoms with Gasteiger partial charge in [0.1, 0.15) is 0 Å². The predicted molar refractivity (Wildman–Crippen MR) is 238 cm³/mol. The van der Waals surface area contributed by atoms with Crippen molar-refractivity contribution in [2.24, 2.45) is 0 Å². The van der Waals surface area contributed by atoms with Crippen molar-refractivity contribution in [3.8, 4) is 45.5 Å². The first kappa shape index (κ1) is 31.9. The van der Waals surface area contributed by atoms with Crippen LogP contribution in [-0.2, 0) is 0 Å². The Morgan fingerprint density at radius 3 is 1.70 bits per heavy atom. The summed E-state index contributed by atoms with van der Waals surface area (Å²) in [7, 11) is 0. The molecule has 0 N–H and O–H groups in total. The highest BCUT2D eigenvalue weighted by atomic mass is 32.1. The zero-order valence-electron chi connectivity index (χ0n) is 30.5. The van der Waals surface area contributed by atoms with Gasteiger partial charge in [0, 0.05) is 64.1 Å². The van der Waals surface area contributed by atoms with Gasteiger partial charge in [-0.25, -0.2) is 15.0 Å². The van der Waals surface area contributed by atoms with E-state index in [9.17, 15) is 0 Å². The van der Waals surface area contributed by atoms with Crippen LogP contribution in [0.3, 0.4) is 0 Å². The second-order valence-corrected chi connectivity index (χ2v) is 15.5. The van der Waals surface area contributed by atoms with Gasteiger partial charge < -0.3 is 9.13 Å². The maximum Gasteiger partial charge on any atom is 0.166 e. The van der Waals surface area contributed by atoms with E-state index >= 15 is 0 Å². The Morgan fingerprint density at radius 1 is 0.368 bits per heavy atom. The molecule has 57 heavy (non-hydrogen) atoms. The first-order valence-corrected chi connectivity index (χ1v) is 19.9. The molecule has 0 saturated carbocycles. The average molecular weight is 746 g/mol. The number of aromatic nitrogens is 5. The topological polar surface area (TPSA) is 48.5 Å². The van der Waals surface area contributed by atoms with Crippen LogP contribution in [0.25, 0.3) is 109 Å². The first-order chi connectivity index (χ1) is 28.3. The van der Waals surface area contributed by atoms with Crippen LogP contribution in [0.4, 0.5) is 0 Å². The summed E-state index contributed by atoms with van der Waals surface area (Å²) < 4.78 is 7.47. The largest absolute Gasteiger partial charge is 0.309 e. The van der Waals surface area contributed by atoms with Crippen LogP contribution in [-0.4, -0.2) is 24.1 Å². The van der Waals surface area contributed by atoms with Gasteiger partial charge in [0.2, 0.25) is 0 Å². The Hall–Kier alpha value is -7.41. The monoisotopic (exact) mass is 745 g/mol. The molecule has 0 spiro atoms. The lowest BCUT2D eigenvalue weighted by Gasteiger charge is -2.15. The Morgan fingerprint density at radius 2 is 0.947 bits per heavy atom. The summed E-state index contributed by atoms with van der Waals surface area (Å²) in [4.78, 5) is 15.4. The lowest BCUT2D eigenvalue weighted by Crippen LogP contribution is -2.03. The summed E-state index contributed by atoms with van der Waals surface area (Å²) in [6, 6.07) is 66.7. The second kappa shape index (κ2) is 12.6. The molecule has 0 aliphatic rings. The number of fused-ring (bicyclic) bond motifs is 10. The fourth-order valence-corrected chi connectivity index (χ4v) is 9.76. The van der Waals surface area contributed by atoms with E-state index in [1.807, 2.05) is 47.7 Å². The van der Waals surface area contributed by atoms with Gasteiger partial charge in [-0.3, -0.25) is 0 Å². The van der Waals surface area contributed by atoms with E-state index in [1.54, 1.807) is 0 Å². The molecule has 0 bridgehead atoms. The van der Waals surface area contributed by atoms with Crippen LogP contribution in [0.1, 0.15) is 0 Å². The molecule has 6 heteroatoms. The molecule has 0 fully saturated rings. The van der Waals surface area contributed by atoms with Crippen molar-refractivity contribution >= 4 is 75.1 Å². The van der Waals surface area contributed by atoms with E-state index in [0.717, 1.165) is 44.6 Å². The Bertz CT molecular complexity index is 3470. The number of para-hydroxylation sites is 3. The summed E-state index contributed by atoms with van der Waals surface area (Å²) >= 11 is 1.85. The Kier molecular flexibility index (Phi) is 7.03. The lowest BCUT2D eigenvalue weighted by atomic mass is 10.1. The molecule has 266 valence electrons. The standard InChI is InChI=1S/C51H31N5S/c1-3-15-32(16-4-1)49-52-50(33-17-5-2-6-18-33)54-51(53-49)39-22-9-13-25-43(39)56-41-23-11-7-19-35(41)37-28-29-44-47(48(37)56)38-21-8-12-24-42(38)55(44)34-27-30-46-40(31-34)36-20-10-14-26-45(36)57-46/h1-31H. The summed E-state index contributed by atoms with van der Waals surface area (Å²) in [5.74, 6) is 1.89. The van der Waals surface area contributed by atoms with Crippen molar-refractivity contribution in [2.75, 3.05) is 0 Å². The predicted octanol–water partition coefficient (Wildman–Crippen LogP) is 13.4. The van der Waals surface area contributed by atoms with E-state index in [4.69, 9.17) is 15.0 Å². The van der Waals surface area contributed by atoms with Crippen LogP contribution in [0.5, 0.6) is 0 Å². The fourth-order valence-electron chi connectivity index (χ4n) is 8.68. The molecule has 0 atom stereocenters. The average Bonchev–Trinajstić information content (AvgIpc) is 3.94. The van der Waals surface area contributed by atoms with Gasteiger partial charge in [0.05, 0.1) is 27.8 Å². The van der Waals surface area contributed by atoms with E-state index < -0.39 is 0 Å². The molecular formula is C51H31N5S. The smallest absolute Gasteiger partial charge is 0.166 e.